The maximum Gasteiger partial charge on any atom is 0.247 e. The third-order valence-electron chi connectivity index (χ3n) is 3.87. The Morgan fingerprint density at radius 1 is 1.23 bits per heavy atom. The van der Waals surface area contributed by atoms with Gasteiger partial charge in [0.1, 0.15) is 0 Å². The summed E-state index contributed by atoms with van der Waals surface area (Å²) in [7, 11) is 0. The molecule has 118 valence electrons. The molecule has 0 bridgehead atoms. The lowest BCUT2D eigenvalue weighted by molar-refractivity contribution is -0.0814. The van der Waals surface area contributed by atoms with Gasteiger partial charge in [-0.2, -0.15) is 0 Å². The van der Waals surface area contributed by atoms with Gasteiger partial charge < -0.3 is 9.15 Å². The van der Waals surface area contributed by atoms with Crippen LogP contribution in [0.3, 0.4) is 0 Å². The summed E-state index contributed by atoms with van der Waals surface area (Å²) in [5.41, 5.74) is 0.835. The van der Waals surface area contributed by atoms with Crippen LogP contribution in [0.15, 0.2) is 28.7 Å². The van der Waals surface area contributed by atoms with Gasteiger partial charge in [0.15, 0.2) is 0 Å². The zero-order valence-electron chi connectivity index (χ0n) is 13.0. The van der Waals surface area contributed by atoms with Crippen LogP contribution in [0.5, 0.6) is 0 Å². The van der Waals surface area contributed by atoms with E-state index in [0.29, 0.717) is 16.8 Å². The molecule has 1 aliphatic heterocycles. The molecule has 0 amide bonds. The Hall–Kier alpha value is -1.43. The van der Waals surface area contributed by atoms with E-state index < -0.39 is 0 Å². The van der Waals surface area contributed by atoms with Crippen molar-refractivity contribution < 1.29 is 9.15 Å². The summed E-state index contributed by atoms with van der Waals surface area (Å²) in [6.07, 6.45) is 0.419. The molecule has 0 aliphatic carbocycles. The maximum atomic E-state index is 6.01. The highest BCUT2D eigenvalue weighted by atomic mass is 35.5. The third kappa shape index (κ3) is 3.32. The molecule has 0 spiro atoms. The van der Waals surface area contributed by atoms with Crippen molar-refractivity contribution in [2.75, 3.05) is 13.1 Å². The first-order valence-electron chi connectivity index (χ1n) is 7.52. The zero-order valence-corrected chi connectivity index (χ0v) is 13.7. The van der Waals surface area contributed by atoms with Gasteiger partial charge in [-0.25, -0.2) is 0 Å². The Labute approximate surface area is 135 Å². The fourth-order valence-corrected chi connectivity index (χ4v) is 3.02. The average molecular weight is 322 g/mol. The number of ether oxygens (including phenoxy) is 1. The lowest BCUT2D eigenvalue weighted by atomic mass is 10.2. The van der Waals surface area contributed by atoms with Gasteiger partial charge in [-0.1, -0.05) is 17.7 Å². The predicted octanol–water partition coefficient (Wildman–Crippen LogP) is 3.56. The Bertz CT molecular complexity index is 636. The second-order valence-corrected chi connectivity index (χ2v) is 6.28. The van der Waals surface area contributed by atoms with E-state index in [2.05, 4.69) is 35.9 Å². The number of morpholine rings is 1. The van der Waals surface area contributed by atoms with Crippen LogP contribution in [0.4, 0.5) is 0 Å². The number of aromatic nitrogens is 2. The van der Waals surface area contributed by atoms with Crippen LogP contribution < -0.4 is 0 Å². The van der Waals surface area contributed by atoms with Crippen molar-refractivity contribution in [3.63, 3.8) is 0 Å². The van der Waals surface area contributed by atoms with E-state index in [1.165, 1.54) is 0 Å². The molecule has 1 aliphatic rings. The Balaban J connectivity index is 1.78. The van der Waals surface area contributed by atoms with Crippen LogP contribution in [0.1, 0.15) is 32.7 Å². The van der Waals surface area contributed by atoms with Gasteiger partial charge >= 0.3 is 0 Å². The van der Waals surface area contributed by atoms with Gasteiger partial charge in [-0.05, 0) is 39.0 Å². The van der Waals surface area contributed by atoms with E-state index in [4.69, 9.17) is 20.8 Å². The van der Waals surface area contributed by atoms with Gasteiger partial charge in [-0.15, -0.1) is 10.2 Å². The van der Waals surface area contributed by atoms with Gasteiger partial charge in [0.2, 0.25) is 11.8 Å². The van der Waals surface area contributed by atoms with Crippen LogP contribution in [0.25, 0.3) is 11.5 Å². The fraction of sp³-hybridized carbons (Fsp3) is 0.500. The van der Waals surface area contributed by atoms with E-state index >= 15 is 0 Å². The molecule has 0 unspecified atom stereocenters. The highest BCUT2D eigenvalue weighted by Gasteiger charge is 2.29. The van der Waals surface area contributed by atoms with Crippen LogP contribution in [0.2, 0.25) is 5.02 Å². The zero-order chi connectivity index (χ0) is 15.7. The molecule has 1 aromatic heterocycles. The van der Waals surface area contributed by atoms with Crippen LogP contribution in [0, 0.1) is 0 Å². The Kier molecular flexibility index (Phi) is 4.47. The number of hydrogen-bond acceptors (Lipinski definition) is 5. The molecule has 6 heteroatoms. The summed E-state index contributed by atoms with van der Waals surface area (Å²) >= 11 is 6.01. The number of benzene rings is 1. The van der Waals surface area contributed by atoms with Crippen molar-refractivity contribution in [2.24, 2.45) is 0 Å². The summed E-state index contributed by atoms with van der Waals surface area (Å²) in [6.45, 7) is 7.97. The summed E-state index contributed by atoms with van der Waals surface area (Å²) in [5.74, 6) is 1.12. The normalized spacial score (nSPS) is 24.4. The molecule has 3 rings (SSSR count). The van der Waals surface area contributed by atoms with Crippen molar-refractivity contribution >= 4 is 11.6 Å². The molecule has 0 saturated carbocycles. The second-order valence-electron chi connectivity index (χ2n) is 5.84. The number of nitrogens with zero attached hydrogens (tertiary/aromatic N) is 3. The van der Waals surface area contributed by atoms with Crippen LogP contribution in [-0.2, 0) is 4.74 Å². The first kappa shape index (κ1) is 15.5. The summed E-state index contributed by atoms with van der Waals surface area (Å²) in [4.78, 5) is 2.31. The molecule has 5 nitrogen and oxygen atoms in total. The lowest BCUT2D eigenvalue weighted by Crippen LogP contribution is -2.46. The lowest BCUT2D eigenvalue weighted by Gasteiger charge is -2.37. The van der Waals surface area contributed by atoms with E-state index in [1.54, 1.807) is 0 Å². The largest absolute Gasteiger partial charge is 0.419 e. The van der Waals surface area contributed by atoms with E-state index in [-0.39, 0.29) is 18.2 Å². The minimum Gasteiger partial charge on any atom is -0.419 e. The number of halogens is 1. The molecule has 1 aromatic carbocycles. The highest BCUT2D eigenvalue weighted by molar-refractivity contribution is 6.30. The third-order valence-corrected chi connectivity index (χ3v) is 4.10. The molecule has 0 N–H and O–H groups in total. The van der Waals surface area contributed by atoms with Crippen molar-refractivity contribution in [1.82, 2.24) is 15.1 Å². The molecular formula is C16H20ClN3O2. The number of hydrogen-bond donors (Lipinski definition) is 0. The average Bonchev–Trinajstić information content (AvgIpc) is 2.95. The smallest absolute Gasteiger partial charge is 0.247 e. The van der Waals surface area contributed by atoms with Crippen molar-refractivity contribution in [1.29, 1.82) is 0 Å². The minimum absolute atomic E-state index is 0.0641. The van der Waals surface area contributed by atoms with Crippen LogP contribution in [-0.4, -0.2) is 40.4 Å². The number of rotatable bonds is 3. The van der Waals surface area contributed by atoms with Crippen molar-refractivity contribution in [3.8, 4) is 11.5 Å². The standard InChI is InChI=1S/C16H20ClN3O2/c1-10-8-20(9-11(2)21-10)12(3)15-18-19-16(22-15)13-5-4-6-14(17)7-13/h4-7,10-12H,8-9H2,1-3H3/t10-,11+,12-/m1/s1. The Morgan fingerprint density at radius 3 is 2.64 bits per heavy atom. The summed E-state index contributed by atoms with van der Waals surface area (Å²) < 4.78 is 11.6. The topological polar surface area (TPSA) is 51.4 Å². The summed E-state index contributed by atoms with van der Waals surface area (Å²) in [5, 5.41) is 9.01. The quantitative estimate of drug-likeness (QED) is 0.865. The highest BCUT2D eigenvalue weighted by Crippen LogP contribution is 2.27. The molecule has 2 heterocycles. The van der Waals surface area contributed by atoms with Gasteiger partial charge in [0.25, 0.3) is 0 Å². The minimum atomic E-state index is 0.0641. The van der Waals surface area contributed by atoms with Gasteiger partial charge in [0, 0.05) is 23.7 Å². The summed E-state index contributed by atoms with van der Waals surface area (Å²) in [6, 6.07) is 7.49. The van der Waals surface area contributed by atoms with E-state index in [1.807, 2.05) is 24.3 Å². The van der Waals surface area contributed by atoms with E-state index in [0.717, 1.165) is 18.7 Å². The van der Waals surface area contributed by atoms with Gasteiger partial charge in [0.05, 0.1) is 18.2 Å². The molecule has 1 fully saturated rings. The van der Waals surface area contributed by atoms with Crippen molar-refractivity contribution in [3.05, 3.63) is 35.2 Å². The molecule has 2 aromatic rings. The first-order valence-corrected chi connectivity index (χ1v) is 7.89. The predicted molar refractivity (Wildman–Crippen MR) is 84.7 cm³/mol. The second kappa shape index (κ2) is 6.36. The Morgan fingerprint density at radius 2 is 1.95 bits per heavy atom. The monoisotopic (exact) mass is 321 g/mol. The van der Waals surface area contributed by atoms with E-state index in [9.17, 15) is 0 Å². The molecule has 22 heavy (non-hydrogen) atoms. The molecular weight excluding hydrogens is 302 g/mol. The SMILES string of the molecule is C[C@@H]1CN([C@H](C)c2nnc(-c3cccc(Cl)c3)o2)C[C@H](C)O1. The van der Waals surface area contributed by atoms with Crippen molar-refractivity contribution in [2.45, 2.75) is 39.0 Å². The fourth-order valence-electron chi connectivity index (χ4n) is 2.83. The molecule has 3 atom stereocenters. The maximum absolute atomic E-state index is 6.01. The van der Waals surface area contributed by atoms with Crippen LogP contribution >= 0.6 is 11.6 Å². The first-order chi connectivity index (χ1) is 10.5. The molecule has 0 radical (unpaired) electrons. The van der Waals surface area contributed by atoms with Gasteiger partial charge in [-0.3, -0.25) is 4.90 Å². The molecule has 1 saturated heterocycles.